The molecule has 1 heterocycles. The van der Waals surface area contributed by atoms with Gasteiger partial charge in [0.25, 0.3) is 0 Å². The molecule has 0 atom stereocenters. The zero-order valence-electron chi connectivity index (χ0n) is 15.6. The van der Waals surface area contributed by atoms with Crippen LogP contribution in [-0.4, -0.2) is 25.2 Å². The lowest BCUT2D eigenvalue weighted by Gasteiger charge is -2.13. The topological polar surface area (TPSA) is 82.8 Å². The number of ether oxygens (including phenoxy) is 2. The number of rotatable bonds is 10. The third-order valence-electron chi connectivity index (χ3n) is 3.78. The maximum atomic E-state index is 13.0. The van der Waals surface area contributed by atoms with E-state index < -0.39 is 11.9 Å². The molecule has 0 unspecified atom stereocenters. The van der Waals surface area contributed by atoms with Gasteiger partial charge in [0, 0.05) is 0 Å². The normalized spacial score (nSPS) is 10.6. The van der Waals surface area contributed by atoms with Crippen molar-refractivity contribution in [1.82, 2.24) is 0 Å². The standard InChI is InChI=1S/C19H28O6/c1-5-9-11-13-15(20)14(12-10-6-2)17(19(22)24-8-4)25-16(13)18(21)23-7-3/h5-12H2,1-4H3. The highest BCUT2D eigenvalue weighted by molar-refractivity contribution is 5.91. The van der Waals surface area contributed by atoms with Crippen molar-refractivity contribution in [2.24, 2.45) is 0 Å². The molecular weight excluding hydrogens is 324 g/mol. The number of hydrogen-bond donors (Lipinski definition) is 0. The molecule has 0 saturated carbocycles. The minimum absolute atomic E-state index is 0.155. The van der Waals surface area contributed by atoms with E-state index in [-0.39, 0.29) is 30.2 Å². The van der Waals surface area contributed by atoms with E-state index in [9.17, 15) is 14.4 Å². The summed E-state index contributed by atoms with van der Waals surface area (Å²) in [5, 5.41) is 0. The summed E-state index contributed by atoms with van der Waals surface area (Å²) in [6.45, 7) is 7.64. The van der Waals surface area contributed by atoms with Crippen LogP contribution in [0.3, 0.4) is 0 Å². The van der Waals surface area contributed by atoms with Gasteiger partial charge >= 0.3 is 11.9 Å². The third kappa shape index (κ3) is 5.44. The molecule has 140 valence electrons. The fourth-order valence-electron chi connectivity index (χ4n) is 2.50. The molecular formula is C19H28O6. The molecule has 1 rings (SSSR count). The highest BCUT2D eigenvalue weighted by atomic mass is 16.6. The Hall–Kier alpha value is -2.11. The summed E-state index contributed by atoms with van der Waals surface area (Å²) in [5.74, 6) is -1.80. The Bertz CT molecular complexity index is 593. The average Bonchev–Trinajstić information content (AvgIpc) is 2.59. The van der Waals surface area contributed by atoms with E-state index in [1.165, 1.54) is 0 Å². The molecule has 1 aromatic heterocycles. The minimum atomic E-state index is -0.724. The van der Waals surface area contributed by atoms with E-state index in [1.54, 1.807) is 13.8 Å². The van der Waals surface area contributed by atoms with Crippen LogP contribution in [0.25, 0.3) is 0 Å². The highest BCUT2D eigenvalue weighted by Gasteiger charge is 2.27. The summed E-state index contributed by atoms with van der Waals surface area (Å²) in [4.78, 5) is 37.4. The smallest absolute Gasteiger partial charge is 0.374 e. The van der Waals surface area contributed by atoms with Gasteiger partial charge in [0.05, 0.1) is 24.3 Å². The van der Waals surface area contributed by atoms with Crippen LogP contribution < -0.4 is 5.43 Å². The van der Waals surface area contributed by atoms with Crippen LogP contribution in [0.4, 0.5) is 0 Å². The number of hydrogen-bond acceptors (Lipinski definition) is 6. The Balaban J connectivity index is 3.55. The molecule has 0 aliphatic heterocycles. The quantitative estimate of drug-likeness (QED) is 0.597. The fraction of sp³-hybridized carbons (Fsp3) is 0.632. The lowest BCUT2D eigenvalue weighted by molar-refractivity contribution is 0.0443. The summed E-state index contributed by atoms with van der Waals surface area (Å²) >= 11 is 0. The second-order valence-electron chi connectivity index (χ2n) is 5.69. The SMILES string of the molecule is CCCCc1c(C(=O)OCC)oc(C(=O)OCC)c(CCCC)c1=O. The molecule has 1 aromatic rings. The van der Waals surface area contributed by atoms with E-state index in [0.29, 0.717) is 24.0 Å². The number of carbonyl (C=O) groups excluding carboxylic acids is 2. The van der Waals surface area contributed by atoms with E-state index in [4.69, 9.17) is 13.9 Å². The Morgan fingerprint density at radius 3 is 1.52 bits per heavy atom. The largest absolute Gasteiger partial charge is 0.460 e. The van der Waals surface area contributed by atoms with Crippen molar-refractivity contribution in [3.05, 3.63) is 32.9 Å². The molecule has 0 saturated heterocycles. The van der Waals surface area contributed by atoms with Crippen LogP contribution in [-0.2, 0) is 22.3 Å². The lowest BCUT2D eigenvalue weighted by atomic mass is 10.00. The molecule has 0 aliphatic carbocycles. The van der Waals surface area contributed by atoms with Gasteiger partial charge in [-0.15, -0.1) is 0 Å². The van der Waals surface area contributed by atoms with Gasteiger partial charge in [-0.25, -0.2) is 9.59 Å². The summed E-state index contributed by atoms with van der Waals surface area (Å²) in [6.07, 6.45) is 4.04. The first kappa shape index (κ1) is 20.9. The van der Waals surface area contributed by atoms with Crippen molar-refractivity contribution in [1.29, 1.82) is 0 Å². The molecule has 0 aromatic carbocycles. The Morgan fingerprint density at radius 2 is 1.20 bits per heavy atom. The first-order valence-corrected chi connectivity index (χ1v) is 9.04. The first-order valence-electron chi connectivity index (χ1n) is 9.04. The predicted molar refractivity (Wildman–Crippen MR) is 94.1 cm³/mol. The fourth-order valence-corrected chi connectivity index (χ4v) is 2.50. The Kier molecular flexibility index (Phi) is 8.95. The zero-order valence-corrected chi connectivity index (χ0v) is 15.6. The minimum Gasteiger partial charge on any atom is -0.460 e. The van der Waals surface area contributed by atoms with Crippen molar-refractivity contribution >= 4 is 11.9 Å². The van der Waals surface area contributed by atoms with E-state index in [1.807, 2.05) is 13.8 Å². The van der Waals surface area contributed by atoms with Crippen molar-refractivity contribution in [3.8, 4) is 0 Å². The van der Waals surface area contributed by atoms with Crippen molar-refractivity contribution < 1.29 is 23.5 Å². The average molecular weight is 352 g/mol. The van der Waals surface area contributed by atoms with Crippen molar-refractivity contribution in [2.45, 2.75) is 66.2 Å². The zero-order chi connectivity index (χ0) is 18.8. The van der Waals surface area contributed by atoms with E-state index in [0.717, 1.165) is 25.7 Å². The molecule has 0 aliphatic rings. The second-order valence-corrected chi connectivity index (χ2v) is 5.69. The number of carbonyl (C=O) groups is 2. The number of unbranched alkanes of at least 4 members (excludes halogenated alkanes) is 2. The summed E-state index contributed by atoms with van der Waals surface area (Å²) in [6, 6.07) is 0. The monoisotopic (exact) mass is 352 g/mol. The maximum absolute atomic E-state index is 13.0. The second kappa shape index (κ2) is 10.7. The van der Waals surface area contributed by atoms with Crippen LogP contribution >= 0.6 is 0 Å². The van der Waals surface area contributed by atoms with Crippen LogP contribution in [0, 0.1) is 0 Å². The van der Waals surface area contributed by atoms with Gasteiger partial charge in [-0.05, 0) is 39.5 Å². The summed E-state index contributed by atoms with van der Waals surface area (Å²) < 4.78 is 15.6. The summed E-state index contributed by atoms with van der Waals surface area (Å²) in [5.41, 5.74) is 0.276. The Labute approximate surface area is 148 Å². The van der Waals surface area contributed by atoms with Gasteiger partial charge in [0.2, 0.25) is 11.5 Å². The maximum Gasteiger partial charge on any atom is 0.374 e. The van der Waals surface area contributed by atoms with Crippen molar-refractivity contribution in [3.63, 3.8) is 0 Å². The lowest BCUT2D eigenvalue weighted by Crippen LogP contribution is -2.25. The van der Waals surface area contributed by atoms with Gasteiger partial charge in [-0.2, -0.15) is 0 Å². The van der Waals surface area contributed by atoms with Crippen LogP contribution in [0.1, 0.15) is 85.6 Å². The van der Waals surface area contributed by atoms with Crippen LogP contribution in [0.5, 0.6) is 0 Å². The van der Waals surface area contributed by atoms with E-state index >= 15 is 0 Å². The van der Waals surface area contributed by atoms with Gasteiger partial charge < -0.3 is 13.9 Å². The Morgan fingerprint density at radius 1 is 0.800 bits per heavy atom. The molecule has 6 nitrogen and oxygen atoms in total. The van der Waals surface area contributed by atoms with Crippen LogP contribution in [0.2, 0.25) is 0 Å². The molecule has 0 spiro atoms. The van der Waals surface area contributed by atoms with E-state index in [2.05, 4.69) is 0 Å². The van der Waals surface area contributed by atoms with Gasteiger partial charge in [-0.1, -0.05) is 26.7 Å². The predicted octanol–water partition coefficient (Wildman–Crippen LogP) is 3.68. The number of esters is 2. The molecule has 25 heavy (non-hydrogen) atoms. The van der Waals surface area contributed by atoms with Gasteiger partial charge in [0.15, 0.2) is 5.43 Å². The van der Waals surface area contributed by atoms with Gasteiger partial charge in [-0.3, -0.25) is 4.79 Å². The van der Waals surface area contributed by atoms with Crippen molar-refractivity contribution in [2.75, 3.05) is 13.2 Å². The molecule has 6 heteroatoms. The third-order valence-corrected chi connectivity index (χ3v) is 3.78. The summed E-state index contributed by atoms with van der Waals surface area (Å²) in [7, 11) is 0. The van der Waals surface area contributed by atoms with Crippen LogP contribution in [0.15, 0.2) is 9.21 Å². The molecule has 0 bridgehead atoms. The molecule has 0 radical (unpaired) electrons. The molecule has 0 amide bonds. The highest BCUT2D eigenvalue weighted by Crippen LogP contribution is 2.19. The first-order chi connectivity index (χ1) is 12.0. The molecule has 0 fully saturated rings. The van der Waals surface area contributed by atoms with Gasteiger partial charge in [0.1, 0.15) is 0 Å². The molecule has 0 N–H and O–H groups in total.